The Hall–Kier alpha value is -1.94. The van der Waals surface area contributed by atoms with Crippen LogP contribution in [0.2, 0.25) is 0 Å². The van der Waals surface area contributed by atoms with Gasteiger partial charge in [0.25, 0.3) is 0 Å². The van der Waals surface area contributed by atoms with Gasteiger partial charge in [0.05, 0.1) is 26.4 Å². The minimum atomic E-state index is -4.97. The maximum atomic E-state index is 13.2. The van der Waals surface area contributed by atoms with Gasteiger partial charge in [-0.15, -0.1) is 0 Å². The lowest BCUT2D eigenvalue weighted by atomic mass is 9.99. The third-order valence-corrected chi connectivity index (χ3v) is 22.5. The number of carbonyl (C=O) groups excluding carboxylic acids is 4. The molecule has 0 aromatic heterocycles. The molecule has 0 spiro atoms. The van der Waals surface area contributed by atoms with Gasteiger partial charge in [0, 0.05) is 25.7 Å². The number of rotatable bonds is 86. The van der Waals surface area contributed by atoms with Crippen LogP contribution in [-0.2, 0) is 65.4 Å². The molecule has 0 aliphatic rings. The fourth-order valence-corrected chi connectivity index (χ4v) is 15.0. The zero-order valence-electron chi connectivity index (χ0n) is 68.9. The summed E-state index contributed by atoms with van der Waals surface area (Å²) in [6, 6.07) is 0. The summed E-state index contributed by atoms with van der Waals surface area (Å²) >= 11 is 0. The fourth-order valence-electron chi connectivity index (χ4n) is 13.4. The van der Waals surface area contributed by atoms with Crippen molar-refractivity contribution in [2.24, 2.45) is 5.92 Å². The average molecular weight is 1540 g/mol. The number of aliphatic hydroxyl groups excluding tert-OH is 1. The van der Waals surface area contributed by atoms with E-state index in [1.807, 2.05) is 0 Å². The first-order valence-electron chi connectivity index (χ1n) is 44.7. The smallest absolute Gasteiger partial charge is 0.462 e. The first-order valence-corrected chi connectivity index (χ1v) is 47.7. The Balaban J connectivity index is 5.25. The molecule has 105 heavy (non-hydrogen) atoms. The Morgan fingerprint density at radius 3 is 0.676 bits per heavy atom. The number of hydrogen-bond acceptors (Lipinski definition) is 15. The number of phosphoric acid groups is 2. The predicted molar refractivity (Wildman–Crippen MR) is 432 cm³/mol. The van der Waals surface area contributed by atoms with E-state index < -0.39 is 97.5 Å². The predicted octanol–water partition coefficient (Wildman–Crippen LogP) is 26.4. The van der Waals surface area contributed by atoms with Gasteiger partial charge in [-0.2, -0.15) is 0 Å². The lowest BCUT2D eigenvalue weighted by Crippen LogP contribution is -2.30. The highest BCUT2D eigenvalue weighted by Crippen LogP contribution is 2.45. The van der Waals surface area contributed by atoms with E-state index in [2.05, 4.69) is 34.6 Å². The molecule has 0 bridgehead atoms. The first-order chi connectivity index (χ1) is 51.1. The second-order valence-electron chi connectivity index (χ2n) is 31.2. The van der Waals surface area contributed by atoms with Crippen molar-refractivity contribution in [3.8, 4) is 0 Å². The summed E-state index contributed by atoms with van der Waals surface area (Å²) in [4.78, 5) is 73.3. The van der Waals surface area contributed by atoms with Crippen molar-refractivity contribution in [1.82, 2.24) is 0 Å². The number of hydrogen-bond donors (Lipinski definition) is 3. The molecule has 0 rings (SSSR count). The first kappa shape index (κ1) is 103. The molecule has 0 saturated heterocycles. The lowest BCUT2D eigenvalue weighted by molar-refractivity contribution is -0.161. The number of carbonyl (C=O) groups is 4. The van der Waals surface area contributed by atoms with E-state index in [0.29, 0.717) is 25.7 Å². The van der Waals surface area contributed by atoms with Crippen molar-refractivity contribution in [2.75, 3.05) is 39.6 Å². The average Bonchev–Trinajstić information content (AvgIpc) is 0.920. The van der Waals surface area contributed by atoms with Crippen LogP contribution in [0.4, 0.5) is 0 Å². The van der Waals surface area contributed by atoms with Gasteiger partial charge < -0.3 is 33.8 Å². The maximum Gasteiger partial charge on any atom is 0.472 e. The van der Waals surface area contributed by atoms with Crippen molar-refractivity contribution in [3.63, 3.8) is 0 Å². The highest BCUT2D eigenvalue weighted by atomic mass is 31.2. The molecular weight excluding hydrogens is 1370 g/mol. The van der Waals surface area contributed by atoms with Crippen LogP contribution in [0, 0.1) is 5.92 Å². The quantitative estimate of drug-likeness (QED) is 0.0222. The molecule has 624 valence electrons. The topological polar surface area (TPSA) is 237 Å². The number of aliphatic hydroxyl groups is 1. The van der Waals surface area contributed by atoms with Crippen LogP contribution in [0.25, 0.3) is 0 Å². The van der Waals surface area contributed by atoms with Crippen LogP contribution in [-0.4, -0.2) is 96.7 Å². The van der Waals surface area contributed by atoms with Crippen molar-refractivity contribution in [1.29, 1.82) is 0 Å². The van der Waals surface area contributed by atoms with Gasteiger partial charge in [0.2, 0.25) is 0 Å². The Labute approximate surface area is 645 Å². The highest BCUT2D eigenvalue weighted by molar-refractivity contribution is 7.47. The van der Waals surface area contributed by atoms with Crippen LogP contribution in [0.3, 0.4) is 0 Å². The molecule has 3 N–H and O–H groups in total. The third-order valence-electron chi connectivity index (χ3n) is 20.6. The molecule has 17 nitrogen and oxygen atoms in total. The molecule has 0 aliphatic heterocycles. The third kappa shape index (κ3) is 78.5. The standard InChI is InChI=1S/C86H168O17P2/c1-6-10-13-16-19-22-25-28-31-33-35-37-40-42-45-48-54-59-64-69-83(88)96-75-81(102-85(90)72-67-62-57-50-47-44-41-38-36-34-32-29-26-23-20-17-14-11-7-2)77-100-104(92,93)98-73-80(87)74-99-105(94,95)101-78-82(76-97-84(89)70-65-60-55-52-51-53-58-63-68-79(5)9-4)103-86(91)71-66-61-56-49-46-43-39-30-27-24-21-18-15-12-8-3/h79-82,87H,6-78H2,1-5H3,(H,92,93)(H,94,95)/t79?,80-,81-,82-/m1/s1. The fraction of sp³-hybridized carbons (Fsp3) is 0.953. The van der Waals surface area contributed by atoms with E-state index in [1.165, 1.54) is 289 Å². The normalized spacial score (nSPS) is 14.0. The van der Waals surface area contributed by atoms with E-state index in [0.717, 1.165) is 95.8 Å². The molecule has 0 fully saturated rings. The molecule has 0 aliphatic carbocycles. The van der Waals surface area contributed by atoms with Gasteiger partial charge in [-0.05, 0) is 31.6 Å². The molecule has 0 aromatic rings. The number of unbranched alkanes of at least 4 members (excludes halogenated alkanes) is 57. The summed E-state index contributed by atoms with van der Waals surface area (Å²) in [5.74, 6) is -1.32. The summed E-state index contributed by atoms with van der Waals surface area (Å²) in [6.45, 7) is 7.37. The van der Waals surface area contributed by atoms with Crippen LogP contribution in [0.15, 0.2) is 0 Å². The number of ether oxygens (including phenoxy) is 4. The van der Waals surface area contributed by atoms with Crippen LogP contribution >= 0.6 is 15.6 Å². The summed E-state index contributed by atoms with van der Waals surface area (Å²) in [7, 11) is -9.93. The maximum absolute atomic E-state index is 13.2. The Kier molecular flexibility index (Phi) is 77.3. The van der Waals surface area contributed by atoms with E-state index in [1.54, 1.807) is 0 Å². The summed E-state index contributed by atoms with van der Waals surface area (Å²) in [6.07, 6.45) is 72.1. The molecule has 0 saturated carbocycles. The van der Waals surface area contributed by atoms with Gasteiger partial charge in [-0.25, -0.2) is 9.13 Å². The molecule has 0 heterocycles. The van der Waals surface area contributed by atoms with E-state index >= 15 is 0 Å². The van der Waals surface area contributed by atoms with Crippen molar-refractivity contribution in [2.45, 2.75) is 483 Å². The van der Waals surface area contributed by atoms with Gasteiger partial charge in [0.1, 0.15) is 19.3 Å². The SMILES string of the molecule is CCCCCCCCCCCCCCCCCCCCCC(=O)OC[C@H](COP(=O)(O)OC[C@@H](O)COP(=O)(O)OC[C@@H](COC(=O)CCCCCCCCCCC(C)CC)OC(=O)CCCCCCCCCCCCCCCCC)OC(=O)CCCCCCCCCCCCCCCCCCCCC. The number of esters is 4. The van der Waals surface area contributed by atoms with Crippen molar-refractivity contribution < 1.29 is 80.2 Å². The molecule has 0 radical (unpaired) electrons. The van der Waals surface area contributed by atoms with Crippen LogP contribution < -0.4 is 0 Å². The van der Waals surface area contributed by atoms with E-state index in [-0.39, 0.29) is 25.7 Å². The lowest BCUT2D eigenvalue weighted by Gasteiger charge is -2.21. The Bertz CT molecular complexity index is 2000. The molecule has 6 atom stereocenters. The molecule has 3 unspecified atom stereocenters. The molecule has 0 aromatic carbocycles. The molecule has 0 amide bonds. The number of phosphoric ester groups is 2. The second-order valence-corrected chi connectivity index (χ2v) is 34.1. The van der Waals surface area contributed by atoms with Gasteiger partial charge in [-0.3, -0.25) is 37.3 Å². The molecule has 19 heteroatoms. The zero-order chi connectivity index (χ0) is 76.9. The monoisotopic (exact) mass is 1540 g/mol. The summed E-state index contributed by atoms with van der Waals surface area (Å²) < 4.78 is 68.9. The molecular formula is C86H168O17P2. The summed E-state index contributed by atoms with van der Waals surface area (Å²) in [5.41, 5.74) is 0. The van der Waals surface area contributed by atoms with E-state index in [4.69, 9.17) is 37.0 Å². The van der Waals surface area contributed by atoms with Gasteiger partial charge in [-0.1, -0.05) is 413 Å². The van der Waals surface area contributed by atoms with Crippen molar-refractivity contribution >= 4 is 39.5 Å². The van der Waals surface area contributed by atoms with Crippen molar-refractivity contribution in [3.05, 3.63) is 0 Å². The minimum Gasteiger partial charge on any atom is -0.462 e. The zero-order valence-corrected chi connectivity index (χ0v) is 70.7. The minimum absolute atomic E-state index is 0.108. The van der Waals surface area contributed by atoms with E-state index in [9.17, 15) is 43.2 Å². The largest absolute Gasteiger partial charge is 0.472 e. The van der Waals surface area contributed by atoms with Crippen LogP contribution in [0.5, 0.6) is 0 Å². The van der Waals surface area contributed by atoms with Gasteiger partial charge >= 0.3 is 39.5 Å². The van der Waals surface area contributed by atoms with Crippen LogP contribution in [0.1, 0.15) is 465 Å². The highest BCUT2D eigenvalue weighted by Gasteiger charge is 2.30. The Morgan fingerprint density at radius 2 is 0.457 bits per heavy atom. The van der Waals surface area contributed by atoms with Gasteiger partial charge in [0.15, 0.2) is 12.2 Å². The Morgan fingerprint density at radius 1 is 0.267 bits per heavy atom. The summed E-state index contributed by atoms with van der Waals surface area (Å²) in [5, 5.41) is 10.7. The second kappa shape index (κ2) is 78.7.